The minimum absolute atomic E-state index is 0.115. The van der Waals surface area contributed by atoms with Crippen molar-refractivity contribution in [3.05, 3.63) is 98.4 Å². The molecule has 150 valence electrons. The fraction of sp³-hybridized carbons (Fsp3) is 0.0833. The van der Waals surface area contributed by atoms with Crippen molar-refractivity contribution >= 4 is 63.5 Å². The maximum Gasteiger partial charge on any atom is 0.271 e. The summed E-state index contributed by atoms with van der Waals surface area (Å²) in [6.07, 6.45) is 1.93. The number of amides is 1. The molecule has 3 aromatic rings. The topological polar surface area (TPSA) is 32.7 Å². The van der Waals surface area contributed by atoms with Crippen LogP contribution in [0.5, 0.6) is 0 Å². The number of benzene rings is 3. The van der Waals surface area contributed by atoms with Crippen molar-refractivity contribution in [2.45, 2.75) is 13.8 Å². The average molecular weight is 453 g/mol. The van der Waals surface area contributed by atoms with Crippen molar-refractivity contribution in [2.75, 3.05) is 4.90 Å². The summed E-state index contributed by atoms with van der Waals surface area (Å²) < 4.78 is 0. The number of carbonyl (C=O) groups is 1. The van der Waals surface area contributed by atoms with Gasteiger partial charge in [0.05, 0.1) is 16.3 Å². The molecular weight excluding hydrogens is 435 g/mol. The Bertz CT molecular complexity index is 1170. The molecule has 1 aliphatic heterocycles. The molecule has 1 aliphatic rings. The first-order valence-corrected chi connectivity index (χ1v) is 10.9. The standard InChI is InChI=1S/C24H18Cl2N2OS/c1-15-3-4-16(2)17(13-15)14-22-23(29)28(21-11-7-19(26)8-12-21)24(30-22)27-20-9-5-18(25)6-10-20/h3-14H,1-2H3/b22-14+,27-24?. The molecule has 0 saturated carbocycles. The molecule has 0 unspecified atom stereocenters. The Kier molecular flexibility index (Phi) is 6.00. The molecule has 3 aromatic carbocycles. The minimum atomic E-state index is -0.115. The quantitative estimate of drug-likeness (QED) is 0.387. The lowest BCUT2D eigenvalue weighted by Crippen LogP contribution is -2.28. The number of rotatable bonds is 3. The van der Waals surface area contributed by atoms with Gasteiger partial charge in [-0.15, -0.1) is 0 Å². The molecule has 0 aliphatic carbocycles. The number of aryl methyl sites for hydroxylation is 2. The lowest BCUT2D eigenvalue weighted by molar-refractivity contribution is -0.113. The van der Waals surface area contributed by atoms with E-state index in [9.17, 15) is 4.79 Å². The van der Waals surface area contributed by atoms with Gasteiger partial charge in [0.2, 0.25) is 0 Å². The molecule has 0 N–H and O–H groups in total. The Morgan fingerprint density at radius 1 is 0.900 bits per heavy atom. The van der Waals surface area contributed by atoms with Gasteiger partial charge in [0, 0.05) is 10.0 Å². The van der Waals surface area contributed by atoms with Gasteiger partial charge in [0.1, 0.15) is 0 Å². The first-order chi connectivity index (χ1) is 14.4. The van der Waals surface area contributed by atoms with E-state index in [0.717, 1.165) is 22.4 Å². The molecule has 0 spiro atoms. The highest BCUT2D eigenvalue weighted by molar-refractivity contribution is 8.19. The smallest absolute Gasteiger partial charge is 0.268 e. The highest BCUT2D eigenvalue weighted by Gasteiger charge is 2.34. The van der Waals surface area contributed by atoms with Crippen LogP contribution in [-0.4, -0.2) is 11.1 Å². The zero-order valence-electron chi connectivity index (χ0n) is 16.4. The van der Waals surface area contributed by atoms with E-state index in [1.54, 1.807) is 29.2 Å². The van der Waals surface area contributed by atoms with Crippen LogP contribution >= 0.6 is 35.0 Å². The van der Waals surface area contributed by atoms with Crippen LogP contribution in [0.25, 0.3) is 6.08 Å². The molecule has 3 nitrogen and oxygen atoms in total. The average Bonchev–Trinajstić information content (AvgIpc) is 3.02. The van der Waals surface area contributed by atoms with Gasteiger partial charge in [-0.3, -0.25) is 9.69 Å². The third-order valence-electron chi connectivity index (χ3n) is 4.66. The normalized spacial score (nSPS) is 16.7. The van der Waals surface area contributed by atoms with Gasteiger partial charge in [-0.2, -0.15) is 0 Å². The van der Waals surface area contributed by atoms with E-state index >= 15 is 0 Å². The molecule has 0 bridgehead atoms. The van der Waals surface area contributed by atoms with Crippen LogP contribution in [0.1, 0.15) is 16.7 Å². The molecule has 1 fully saturated rings. The van der Waals surface area contributed by atoms with E-state index in [-0.39, 0.29) is 5.91 Å². The number of thioether (sulfide) groups is 1. The summed E-state index contributed by atoms with van der Waals surface area (Å²) >= 11 is 13.4. The van der Waals surface area contributed by atoms with Crippen molar-refractivity contribution in [1.82, 2.24) is 0 Å². The molecule has 0 aromatic heterocycles. The second kappa shape index (κ2) is 8.68. The van der Waals surface area contributed by atoms with Crippen LogP contribution < -0.4 is 4.90 Å². The Morgan fingerprint density at radius 3 is 2.20 bits per heavy atom. The summed E-state index contributed by atoms with van der Waals surface area (Å²) in [7, 11) is 0. The van der Waals surface area contributed by atoms with Gasteiger partial charge in [0.15, 0.2) is 5.17 Å². The molecule has 0 radical (unpaired) electrons. The number of hydrogen-bond acceptors (Lipinski definition) is 3. The Hall–Kier alpha value is -2.53. The zero-order valence-corrected chi connectivity index (χ0v) is 18.7. The first-order valence-electron chi connectivity index (χ1n) is 9.32. The molecule has 4 rings (SSSR count). The SMILES string of the molecule is Cc1ccc(C)c(/C=C2/SC(=Nc3ccc(Cl)cc3)N(c3ccc(Cl)cc3)C2=O)c1. The van der Waals surface area contributed by atoms with Gasteiger partial charge in [-0.1, -0.05) is 47.0 Å². The molecule has 1 saturated heterocycles. The summed E-state index contributed by atoms with van der Waals surface area (Å²) in [5, 5.41) is 1.83. The monoisotopic (exact) mass is 452 g/mol. The van der Waals surface area contributed by atoms with Crippen molar-refractivity contribution in [3.8, 4) is 0 Å². The summed E-state index contributed by atoms with van der Waals surface area (Å²) in [6.45, 7) is 4.08. The van der Waals surface area contributed by atoms with E-state index in [1.165, 1.54) is 11.8 Å². The lowest BCUT2D eigenvalue weighted by atomic mass is 10.1. The third-order valence-corrected chi connectivity index (χ3v) is 6.14. The van der Waals surface area contributed by atoms with Gasteiger partial charge >= 0.3 is 0 Å². The van der Waals surface area contributed by atoms with E-state index < -0.39 is 0 Å². The van der Waals surface area contributed by atoms with E-state index in [0.29, 0.717) is 25.8 Å². The summed E-state index contributed by atoms with van der Waals surface area (Å²) in [5.41, 5.74) is 4.72. The van der Waals surface area contributed by atoms with Crippen LogP contribution in [0.2, 0.25) is 10.0 Å². The molecule has 0 atom stereocenters. The summed E-state index contributed by atoms with van der Waals surface area (Å²) in [5.74, 6) is -0.115. The fourth-order valence-electron chi connectivity index (χ4n) is 3.05. The predicted molar refractivity (Wildman–Crippen MR) is 129 cm³/mol. The van der Waals surface area contributed by atoms with Gasteiger partial charge in [-0.25, -0.2) is 4.99 Å². The largest absolute Gasteiger partial charge is 0.271 e. The van der Waals surface area contributed by atoms with Crippen LogP contribution in [0.15, 0.2) is 76.6 Å². The minimum Gasteiger partial charge on any atom is -0.268 e. The van der Waals surface area contributed by atoms with Crippen LogP contribution in [0, 0.1) is 13.8 Å². The molecule has 1 heterocycles. The maximum atomic E-state index is 13.3. The highest BCUT2D eigenvalue weighted by Crippen LogP contribution is 2.38. The zero-order chi connectivity index (χ0) is 21.3. The number of carbonyl (C=O) groups excluding carboxylic acids is 1. The lowest BCUT2D eigenvalue weighted by Gasteiger charge is -2.15. The Balaban J connectivity index is 1.79. The molecule has 30 heavy (non-hydrogen) atoms. The second-order valence-corrected chi connectivity index (χ2v) is 8.84. The van der Waals surface area contributed by atoms with Crippen LogP contribution in [0.4, 0.5) is 11.4 Å². The van der Waals surface area contributed by atoms with Crippen LogP contribution in [-0.2, 0) is 4.79 Å². The van der Waals surface area contributed by atoms with Crippen molar-refractivity contribution in [2.24, 2.45) is 4.99 Å². The van der Waals surface area contributed by atoms with Crippen molar-refractivity contribution < 1.29 is 4.79 Å². The Morgan fingerprint density at radius 2 is 1.53 bits per heavy atom. The van der Waals surface area contributed by atoms with Gasteiger partial charge in [-0.05, 0) is 91.3 Å². The second-order valence-electron chi connectivity index (χ2n) is 6.96. The van der Waals surface area contributed by atoms with E-state index in [4.69, 9.17) is 28.2 Å². The summed E-state index contributed by atoms with van der Waals surface area (Å²) in [4.78, 5) is 20.3. The van der Waals surface area contributed by atoms with E-state index in [1.807, 2.05) is 44.2 Å². The van der Waals surface area contributed by atoms with Gasteiger partial charge < -0.3 is 0 Å². The Labute approximate surface area is 190 Å². The molecule has 1 amide bonds. The molecular formula is C24H18Cl2N2OS. The first kappa shape index (κ1) is 20.7. The molecule has 6 heteroatoms. The number of anilines is 1. The third kappa shape index (κ3) is 4.46. The number of nitrogens with zero attached hydrogens (tertiary/aromatic N) is 2. The number of hydrogen-bond donors (Lipinski definition) is 0. The fourth-order valence-corrected chi connectivity index (χ4v) is 4.29. The highest BCUT2D eigenvalue weighted by atomic mass is 35.5. The number of amidine groups is 1. The van der Waals surface area contributed by atoms with Crippen molar-refractivity contribution in [3.63, 3.8) is 0 Å². The maximum absolute atomic E-state index is 13.3. The number of halogens is 2. The summed E-state index contributed by atoms with van der Waals surface area (Å²) in [6, 6.07) is 20.6. The van der Waals surface area contributed by atoms with Crippen molar-refractivity contribution in [1.29, 1.82) is 0 Å². The van der Waals surface area contributed by atoms with Crippen LogP contribution in [0.3, 0.4) is 0 Å². The number of aliphatic imine (C=N–C) groups is 1. The van der Waals surface area contributed by atoms with E-state index in [2.05, 4.69) is 18.2 Å². The predicted octanol–water partition coefficient (Wildman–Crippen LogP) is 7.42. The van der Waals surface area contributed by atoms with Gasteiger partial charge in [0.25, 0.3) is 5.91 Å².